The van der Waals surface area contributed by atoms with E-state index in [0.717, 1.165) is 13.0 Å². The van der Waals surface area contributed by atoms with Crippen molar-refractivity contribution in [2.75, 3.05) is 13.1 Å². The van der Waals surface area contributed by atoms with Gasteiger partial charge in [-0.25, -0.2) is 4.39 Å². The third kappa shape index (κ3) is 3.82. The predicted octanol–water partition coefficient (Wildman–Crippen LogP) is 3.32. The summed E-state index contributed by atoms with van der Waals surface area (Å²) in [4.78, 5) is 12.2. The van der Waals surface area contributed by atoms with E-state index in [2.05, 4.69) is 28.8 Å². The lowest BCUT2D eigenvalue weighted by molar-refractivity contribution is -0.121. The number of amides is 1. The molecule has 2 aromatic carbocycles. The highest BCUT2D eigenvalue weighted by molar-refractivity contribution is 5.76. The van der Waals surface area contributed by atoms with E-state index < -0.39 is 0 Å². The van der Waals surface area contributed by atoms with Crippen molar-refractivity contribution in [2.45, 2.75) is 31.7 Å². The molecule has 2 unspecified atom stereocenters. The Morgan fingerprint density at radius 2 is 2.00 bits per heavy atom. The molecule has 1 aliphatic rings. The molecule has 0 saturated heterocycles. The fourth-order valence-electron chi connectivity index (χ4n) is 3.33. The lowest BCUT2D eigenvalue weighted by Crippen LogP contribution is -2.39. The summed E-state index contributed by atoms with van der Waals surface area (Å²) in [6, 6.07) is 15.1. The van der Waals surface area contributed by atoms with E-state index in [4.69, 9.17) is 0 Å². The second-order valence-corrected chi connectivity index (χ2v) is 6.39. The molecule has 0 spiro atoms. The number of halogens is 1. The fourth-order valence-corrected chi connectivity index (χ4v) is 3.33. The van der Waals surface area contributed by atoms with E-state index in [-0.39, 0.29) is 30.1 Å². The van der Waals surface area contributed by atoms with E-state index in [1.807, 2.05) is 13.0 Å². The number of rotatable bonds is 5. The Balaban J connectivity index is 1.56. The maximum absolute atomic E-state index is 13.8. The Bertz CT molecular complexity index is 716. The molecule has 2 N–H and O–H groups in total. The van der Waals surface area contributed by atoms with Crippen molar-refractivity contribution in [3.63, 3.8) is 0 Å². The molecule has 3 rings (SSSR count). The molecular formula is C20H23FN2O. The molecule has 1 amide bonds. The van der Waals surface area contributed by atoms with Crippen molar-refractivity contribution in [2.24, 2.45) is 0 Å². The smallest absolute Gasteiger partial charge is 0.220 e. The number of carbonyl (C=O) groups is 1. The minimum Gasteiger partial charge on any atom is -0.354 e. The lowest BCUT2D eigenvalue weighted by atomic mass is 9.94. The number of benzene rings is 2. The summed E-state index contributed by atoms with van der Waals surface area (Å²) >= 11 is 0. The van der Waals surface area contributed by atoms with Crippen LogP contribution in [0, 0.1) is 5.82 Å². The normalized spacial score (nSPS) is 17.8. The van der Waals surface area contributed by atoms with Gasteiger partial charge in [-0.15, -0.1) is 0 Å². The molecule has 0 aliphatic carbocycles. The average molecular weight is 326 g/mol. The summed E-state index contributed by atoms with van der Waals surface area (Å²) in [5, 5.41) is 6.44. The third-order valence-corrected chi connectivity index (χ3v) is 4.65. The number of hydrogen-bond acceptors (Lipinski definition) is 2. The average Bonchev–Trinajstić information content (AvgIpc) is 2.60. The summed E-state index contributed by atoms with van der Waals surface area (Å²) in [6.07, 6.45) is 1.31. The molecular weight excluding hydrogens is 303 g/mol. The molecule has 0 radical (unpaired) electrons. The number of carbonyl (C=O) groups excluding carboxylic acids is 1. The van der Waals surface area contributed by atoms with Gasteiger partial charge in [0.1, 0.15) is 5.82 Å². The van der Waals surface area contributed by atoms with Crippen molar-refractivity contribution in [3.05, 3.63) is 71.0 Å². The summed E-state index contributed by atoms with van der Waals surface area (Å²) in [5.74, 6) is -0.436. The van der Waals surface area contributed by atoms with Crippen LogP contribution in [0.4, 0.5) is 4.39 Å². The maximum atomic E-state index is 13.8. The van der Waals surface area contributed by atoms with Crippen LogP contribution in [0.5, 0.6) is 0 Å². The second kappa shape index (κ2) is 7.58. The molecule has 2 aromatic rings. The van der Waals surface area contributed by atoms with Crippen LogP contribution in [0.25, 0.3) is 0 Å². The highest BCUT2D eigenvalue weighted by Gasteiger charge is 2.20. The summed E-state index contributed by atoms with van der Waals surface area (Å²) in [7, 11) is 0. The Morgan fingerprint density at radius 1 is 1.25 bits per heavy atom. The molecule has 126 valence electrons. The predicted molar refractivity (Wildman–Crippen MR) is 93.3 cm³/mol. The SMILES string of the molecule is CC(CC(=O)NCC1NCCc2ccccc21)c1ccccc1F. The maximum Gasteiger partial charge on any atom is 0.220 e. The van der Waals surface area contributed by atoms with Crippen LogP contribution < -0.4 is 10.6 Å². The topological polar surface area (TPSA) is 41.1 Å². The van der Waals surface area contributed by atoms with Crippen LogP contribution in [-0.4, -0.2) is 19.0 Å². The van der Waals surface area contributed by atoms with Crippen molar-refractivity contribution in [1.82, 2.24) is 10.6 Å². The molecule has 3 nitrogen and oxygen atoms in total. The number of hydrogen-bond donors (Lipinski definition) is 2. The van der Waals surface area contributed by atoms with Crippen molar-refractivity contribution >= 4 is 5.91 Å². The minimum absolute atomic E-state index is 0.0457. The lowest BCUT2D eigenvalue weighted by Gasteiger charge is -2.27. The Kier molecular flexibility index (Phi) is 5.26. The van der Waals surface area contributed by atoms with E-state index in [1.54, 1.807) is 18.2 Å². The van der Waals surface area contributed by atoms with Gasteiger partial charge in [-0.3, -0.25) is 4.79 Å². The van der Waals surface area contributed by atoms with Crippen LogP contribution in [-0.2, 0) is 11.2 Å². The van der Waals surface area contributed by atoms with Gasteiger partial charge in [0, 0.05) is 19.0 Å². The van der Waals surface area contributed by atoms with Crippen molar-refractivity contribution in [1.29, 1.82) is 0 Å². The first-order chi connectivity index (χ1) is 11.6. The van der Waals surface area contributed by atoms with Crippen LogP contribution in [0.15, 0.2) is 48.5 Å². The van der Waals surface area contributed by atoms with Gasteiger partial charge >= 0.3 is 0 Å². The van der Waals surface area contributed by atoms with E-state index in [1.165, 1.54) is 17.2 Å². The molecule has 0 bridgehead atoms. The van der Waals surface area contributed by atoms with Gasteiger partial charge < -0.3 is 10.6 Å². The van der Waals surface area contributed by atoms with Crippen LogP contribution in [0.2, 0.25) is 0 Å². The van der Waals surface area contributed by atoms with Crippen LogP contribution in [0.1, 0.15) is 42.0 Å². The standard InChI is InChI=1S/C20H23FN2O/c1-14(16-7-4-5-9-18(16)21)12-20(24)23-13-19-17-8-3-2-6-15(17)10-11-22-19/h2-9,14,19,22H,10-13H2,1H3,(H,23,24). The molecule has 24 heavy (non-hydrogen) atoms. The molecule has 0 saturated carbocycles. The summed E-state index contributed by atoms with van der Waals surface area (Å²) < 4.78 is 13.8. The van der Waals surface area contributed by atoms with Gasteiger partial charge in [0.2, 0.25) is 5.91 Å². The molecule has 4 heteroatoms. The molecule has 1 heterocycles. The Morgan fingerprint density at radius 3 is 2.83 bits per heavy atom. The van der Waals surface area contributed by atoms with Gasteiger partial charge in [-0.1, -0.05) is 49.4 Å². The van der Waals surface area contributed by atoms with E-state index in [9.17, 15) is 9.18 Å². The van der Waals surface area contributed by atoms with Crippen LogP contribution in [0.3, 0.4) is 0 Å². The van der Waals surface area contributed by atoms with Gasteiger partial charge in [0.25, 0.3) is 0 Å². The van der Waals surface area contributed by atoms with Crippen molar-refractivity contribution < 1.29 is 9.18 Å². The number of fused-ring (bicyclic) bond motifs is 1. The van der Waals surface area contributed by atoms with Gasteiger partial charge in [-0.05, 0) is 41.6 Å². The quantitative estimate of drug-likeness (QED) is 0.885. The minimum atomic E-state index is -0.249. The molecule has 0 aromatic heterocycles. The second-order valence-electron chi connectivity index (χ2n) is 6.39. The Labute approximate surface area is 142 Å². The van der Waals surface area contributed by atoms with E-state index >= 15 is 0 Å². The van der Waals surface area contributed by atoms with Gasteiger partial charge in [0.05, 0.1) is 0 Å². The zero-order valence-corrected chi connectivity index (χ0v) is 13.9. The van der Waals surface area contributed by atoms with Crippen molar-refractivity contribution in [3.8, 4) is 0 Å². The molecule has 2 atom stereocenters. The first-order valence-corrected chi connectivity index (χ1v) is 8.47. The summed E-state index contributed by atoms with van der Waals surface area (Å²) in [5.41, 5.74) is 3.19. The largest absolute Gasteiger partial charge is 0.354 e. The first kappa shape index (κ1) is 16.7. The van der Waals surface area contributed by atoms with E-state index in [0.29, 0.717) is 12.1 Å². The van der Waals surface area contributed by atoms with Crippen LogP contribution >= 0.6 is 0 Å². The monoisotopic (exact) mass is 326 g/mol. The summed E-state index contributed by atoms with van der Waals surface area (Å²) in [6.45, 7) is 3.36. The molecule has 0 fully saturated rings. The van der Waals surface area contributed by atoms with Gasteiger partial charge in [0.15, 0.2) is 0 Å². The zero-order chi connectivity index (χ0) is 16.9. The number of nitrogens with one attached hydrogen (secondary N) is 2. The Hall–Kier alpha value is -2.20. The first-order valence-electron chi connectivity index (χ1n) is 8.47. The fraction of sp³-hybridized carbons (Fsp3) is 0.350. The zero-order valence-electron chi connectivity index (χ0n) is 13.9. The van der Waals surface area contributed by atoms with Gasteiger partial charge in [-0.2, -0.15) is 0 Å². The highest BCUT2D eigenvalue weighted by Crippen LogP contribution is 2.23. The molecule has 1 aliphatic heterocycles. The third-order valence-electron chi connectivity index (χ3n) is 4.65. The highest BCUT2D eigenvalue weighted by atomic mass is 19.1.